The van der Waals surface area contributed by atoms with Gasteiger partial charge in [0.25, 0.3) is 0 Å². The predicted octanol–water partition coefficient (Wildman–Crippen LogP) is 0.974. The molecule has 7 heteroatoms. The molecule has 0 aromatic heterocycles. The third-order valence-electron chi connectivity index (χ3n) is 3.10. The van der Waals surface area contributed by atoms with E-state index in [0.717, 1.165) is 5.56 Å². The van der Waals surface area contributed by atoms with Gasteiger partial charge in [-0.1, -0.05) is 32.9 Å². The minimum atomic E-state index is -3.44. The molecule has 0 bridgehead atoms. The Balaban J connectivity index is 2.60. The predicted molar refractivity (Wildman–Crippen MR) is 86.6 cm³/mol. The lowest BCUT2D eigenvalue weighted by Crippen LogP contribution is -2.41. The third-order valence-corrected chi connectivity index (χ3v) is 4.66. The summed E-state index contributed by atoms with van der Waals surface area (Å²) in [5, 5.41) is 2.76. The molecule has 0 aliphatic heterocycles. The van der Waals surface area contributed by atoms with Gasteiger partial charge in [0.05, 0.1) is 10.9 Å². The highest BCUT2D eigenvalue weighted by atomic mass is 32.2. The lowest BCUT2D eigenvalue weighted by atomic mass is 10.0. The number of rotatable bonds is 8. The van der Waals surface area contributed by atoms with E-state index < -0.39 is 16.1 Å². The van der Waals surface area contributed by atoms with Crippen molar-refractivity contribution in [3.05, 3.63) is 29.8 Å². The van der Waals surface area contributed by atoms with E-state index in [9.17, 15) is 13.2 Å². The van der Waals surface area contributed by atoms with Crippen molar-refractivity contribution in [2.24, 2.45) is 11.7 Å². The summed E-state index contributed by atoms with van der Waals surface area (Å²) < 4.78 is 26.0. The molecule has 0 aliphatic carbocycles. The molecule has 1 rings (SSSR count). The Bertz CT molecular complexity index is 583. The second-order valence-corrected chi connectivity index (χ2v) is 7.37. The minimum absolute atomic E-state index is 0.196. The van der Waals surface area contributed by atoms with Gasteiger partial charge >= 0.3 is 0 Å². The molecule has 124 valence electrons. The third kappa shape index (κ3) is 5.75. The summed E-state index contributed by atoms with van der Waals surface area (Å²) in [6.07, 6.45) is 0.631. The molecule has 1 amide bonds. The second-order valence-electron chi connectivity index (χ2n) is 5.60. The fourth-order valence-electron chi connectivity index (χ4n) is 1.99. The number of nitrogens with two attached hydrogens (primary N) is 1. The molecule has 0 aliphatic rings. The highest BCUT2D eigenvalue weighted by Gasteiger charge is 2.15. The van der Waals surface area contributed by atoms with E-state index >= 15 is 0 Å². The molecule has 1 aromatic rings. The van der Waals surface area contributed by atoms with Crippen molar-refractivity contribution >= 4 is 15.9 Å². The van der Waals surface area contributed by atoms with Crippen molar-refractivity contribution in [3.8, 4) is 0 Å². The number of carbonyl (C=O) groups is 1. The van der Waals surface area contributed by atoms with Gasteiger partial charge in [0.15, 0.2) is 0 Å². The van der Waals surface area contributed by atoms with Crippen LogP contribution < -0.4 is 15.8 Å². The molecular weight excluding hydrogens is 302 g/mol. The Hall–Kier alpha value is -1.44. The molecule has 0 spiro atoms. The van der Waals surface area contributed by atoms with E-state index in [-0.39, 0.29) is 10.8 Å². The van der Waals surface area contributed by atoms with Crippen LogP contribution in [0.1, 0.15) is 32.8 Å². The summed E-state index contributed by atoms with van der Waals surface area (Å²) in [6, 6.07) is 5.88. The first-order valence-corrected chi connectivity index (χ1v) is 8.86. The van der Waals surface area contributed by atoms with E-state index in [2.05, 4.69) is 10.0 Å². The van der Waals surface area contributed by atoms with Crippen LogP contribution in [0.5, 0.6) is 0 Å². The maximum Gasteiger partial charge on any atom is 0.240 e. The Morgan fingerprint density at radius 1 is 1.23 bits per heavy atom. The molecular formula is C15H25N3O3S. The Kier molecular flexibility index (Phi) is 6.99. The van der Waals surface area contributed by atoms with Gasteiger partial charge in [0.2, 0.25) is 15.9 Å². The van der Waals surface area contributed by atoms with Crippen molar-refractivity contribution < 1.29 is 13.2 Å². The Morgan fingerprint density at radius 3 is 2.32 bits per heavy atom. The van der Waals surface area contributed by atoms with E-state index in [4.69, 9.17) is 5.73 Å². The summed E-state index contributed by atoms with van der Waals surface area (Å²) in [4.78, 5) is 12.0. The van der Waals surface area contributed by atoms with Crippen molar-refractivity contribution in [1.82, 2.24) is 10.0 Å². The van der Waals surface area contributed by atoms with Crippen LogP contribution in [0.3, 0.4) is 0 Å². The number of hydrogen-bond acceptors (Lipinski definition) is 4. The van der Waals surface area contributed by atoms with Crippen LogP contribution >= 0.6 is 0 Å². The smallest absolute Gasteiger partial charge is 0.240 e. The standard InChI is InChI=1S/C15H25N3O3S/c1-4-18-22(20,21)13-7-5-12(6-8-13)10-17-15(19)14(16)9-11(2)3/h5-8,11,14,18H,4,9-10,16H2,1-3H3,(H,17,19)/t14-/m0/s1. The van der Waals surface area contributed by atoms with E-state index in [1.54, 1.807) is 19.1 Å². The zero-order valence-corrected chi connectivity index (χ0v) is 14.1. The topological polar surface area (TPSA) is 101 Å². The maximum atomic E-state index is 11.8. The molecule has 0 fully saturated rings. The zero-order valence-electron chi connectivity index (χ0n) is 13.3. The first-order valence-electron chi connectivity index (χ1n) is 7.38. The van der Waals surface area contributed by atoms with Crippen LogP contribution in [-0.2, 0) is 21.4 Å². The fraction of sp³-hybridized carbons (Fsp3) is 0.533. The molecule has 0 saturated heterocycles. The minimum Gasteiger partial charge on any atom is -0.351 e. The molecule has 6 nitrogen and oxygen atoms in total. The van der Waals surface area contributed by atoms with Crippen LogP contribution in [0.2, 0.25) is 0 Å². The first-order chi connectivity index (χ1) is 10.3. The zero-order chi connectivity index (χ0) is 16.8. The normalized spacial score (nSPS) is 13.1. The largest absolute Gasteiger partial charge is 0.351 e. The van der Waals surface area contributed by atoms with Gasteiger partial charge in [-0.15, -0.1) is 0 Å². The number of nitrogens with one attached hydrogen (secondary N) is 2. The van der Waals surface area contributed by atoms with Crippen molar-refractivity contribution in [2.45, 2.75) is 44.7 Å². The number of amides is 1. The number of benzene rings is 1. The van der Waals surface area contributed by atoms with E-state index in [0.29, 0.717) is 25.4 Å². The number of sulfonamides is 1. The van der Waals surface area contributed by atoms with Gasteiger partial charge < -0.3 is 11.1 Å². The molecule has 0 saturated carbocycles. The molecule has 0 radical (unpaired) electrons. The highest BCUT2D eigenvalue weighted by Crippen LogP contribution is 2.10. The van der Waals surface area contributed by atoms with Crippen LogP contribution in [0.4, 0.5) is 0 Å². The van der Waals surface area contributed by atoms with Gasteiger partial charge in [-0.2, -0.15) is 0 Å². The summed E-state index contributed by atoms with van der Waals surface area (Å²) in [5.74, 6) is 0.161. The van der Waals surface area contributed by atoms with Crippen molar-refractivity contribution in [2.75, 3.05) is 6.54 Å². The van der Waals surface area contributed by atoms with Gasteiger partial charge in [-0.05, 0) is 30.0 Å². The average Bonchev–Trinajstić information content (AvgIpc) is 2.44. The van der Waals surface area contributed by atoms with Crippen LogP contribution in [0.25, 0.3) is 0 Å². The molecule has 1 aromatic carbocycles. The van der Waals surface area contributed by atoms with Gasteiger partial charge in [-0.3, -0.25) is 4.79 Å². The van der Waals surface area contributed by atoms with Crippen LogP contribution in [-0.4, -0.2) is 26.9 Å². The number of hydrogen-bond donors (Lipinski definition) is 3. The first kappa shape index (κ1) is 18.6. The average molecular weight is 327 g/mol. The molecule has 1 atom stereocenters. The van der Waals surface area contributed by atoms with Gasteiger partial charge in [0, 0.05) is 13.1 Å². The van der Waals surface area contributed by atoms with Gasteiger partial charge in [-0.25, -0.2) is 13.1 Å². The van der Waals surface area contributed by atoms with Crippen molar-refractivity contribution in [1.29, 1.82) is 0 Å². The molecule has 22 heavy (non-hydrogen) atoms. The Morgan fingerprint density at radius 2 is 1.82 bits per heavy atom. The van der Waals surface area contributed by atoms with E-state index in [1.165, 1.54) is 12.1 Å². The lowest BCUT2D eigenvalue weighted by molar-refractivity contribution is -0.122. The summed E-state index contributed by atoms with van der Waals surface area (Å²) in [5.41, 5.74) is 6.62. The van der Waals surface area contributed by atoms with E-state index in [1.807, 2.05) is 13.8 Å². The van der Waals surface area contributed by atoms with Gasteiger partial charge in [0.1, 0.15) is 0 Å². The second kappa shape index (κ2) is 8.26. The highest BCUT2D eigenvalue weighted by molar-refractivity contribution is 7.89. The number of carbonyl (C=O) groups excluding carboxylic acids is 1. The fourth-order valence-corrected chi connectivity index (χ4v) is 3.04. The summed E-state index contributed by atoms with van der Waals surface area (Å²) >= 11 is 0. The monoisotopic (exact) mass is 327 g/mol. The van der Waals surface area contributed by atoms with Crippen LogP contribution in [0, 0.1) is 5.92 Å². The molecule has 0 unspecified atom stereocenters. The SMILES string of the molecule is CCNS(=O)(=O)c1ccc(CNC(=O)[C@@H](N)CC(C)C)cc1. The van der Waals surface area contributed by atoms with Crippen molar-refractivity contribution in [3.63, 3.8) is 0 Å². The van der Waals surface area contributed by atoms with Crippen LogP contribution in [0.15, 0.2) is 29.2 Å². The quantitative estimate of drug-likeness (QED) is 0.662. The Labute approximate surface area is 132 Å². The lowest BCUT2D eigenvalue weighted by Gasteiger charge is -2.14. The molecule has 0 heterocycles. The molecule has 4 N–H and O–H groups in total. The summed E-state index contributed by atoms with van der Waals surface area (Å²) in [6.45, 7) is 6.41. The summed E-state index contributed by atoms with van der Waals surface area (Å²) in [7, 11) is -3.44. The maximum absolute atomic E-state index is 11.8.